The van der Waals surface area contributed by atoms with Gasteiger partial charge in [0, 0.05) is 24.2 Å². The normalized spacial score (nSPS) is 11.2. The Labute approximate surface area is 94.9 Å². The van der Waals surface area contributed by atoms with E-state index in [2.05, 4.69) is 6.92 Å². The number of fused-ring (bicyclic) bond motifs is 1. The summed E-state index contributed by atoms with van der Waals surface area (Å²) < 4.78 is 15.8. The molecule has 2 aromatic rings. The first-order valence-electron chi connectivity index (χ1n) is 5.66. The number of rotatable bonds is 3. The maximum atomic E-state index is 13.8. The molecule has 2 rings (SSSR count). The van der Waals surface area contributed by atoms with Gasteiger partial charge in [-0.3, -0.25) is 0 Å². The molecule has 1 aromatic heterocycles. The van der Waals surface area contributed by atoms with E-state index in [1.807, 2.05) is 23.6 Å². The molecule has 1 aromatic carbocycles. The molecule has 0 bridgehead atoms. The minimum absolute atomic E-state index is 0.159. The first-order valence-corrected chi connectivity index (χ1v) is 5.66. The summed E-state index contributed by atoms with van der Waals surface area (Å²) in [7, 11) is 0. The quantitative estimate of drug-likeness (QED) is 0.847. The summed E-state index contributed by atoms with van der Waals surface area (Å²) in [6.07, 6.45) is 0.920. The first-order chi connectivity index (χ1) is 7.69. The number of aromatic nitrogens is 1. The molecule has 0 fully saturated rings. The van der Waals surface area contributed by atoms with Crippen molar-refractivity contribution in [3.8, 4) is 0 Å². The molecule has 0 amide bonds. The van der Waals surface area contributed by atoms with Crippen molar-refractivity contribution in [2.75, 3.05) is 6.54 Å². The molecule has 0 unspecified atom stereocenters. The number of nitrogens with zero attached hydrogens (tertiary/aromatic N) is 1. The van der Waals surface area contributed by atoms with Crippen LogP contribution in [0.3, 0.4) is 0 Å². The van der Waals surface area contributed by atoms with E-state index in [-0.39, 0.29) is 5.82 Å². The molecule has 2 N–H and O–H groups in total. The van der Waals surface area contributed by atoms with Gasteiger partial charge in [-0.05, 0) is 31.0 Å². The zero-order valence-electron chi connectivity index (χ0n) is 9.76. The predicted octanol–water partition coefficient (Wildman–Crippen LogP) is 2.61. The SMILES string of the molecule is CCc1ccc(F)c2c1cc(C)n2CCN. The summed E-state index contributed by atoms with van der Waals surface area (Å²) in [5, 5.41) is 1.02. The zero-order valence-corrected chi connectivity index (χ0v) is 9.76. The Bertz CT molecular complexity index is 514. The van der Waals surface area contributed by atoms with Crippen molar-refractivity contribution >= 4 is 10.9 Å². The van der Waals surface area contributed by atoms with Crippen molar-refractivity contribution < 1.29 is 4.39 Å². The number of halogens is 1. The van der Waals surface area contributed by atoms with E-state index >= 15 is 0 Å². The number of hydrogen-bond acceptors (Lipinski definition) is 1. The summed E-state index contributed by atoms with van der Waals surface area (Å²) in [4.78, 5) is 0. The maximum Gasteiger partial charge on any atom is 0.147 e. The van der Waals surface area contributed by atoms with Crippen molar-refractivity contribution in [3.63, 3.8) is 0 Å². The van der Waals surface area contributed by atoms with Gasteiger partial charge in [0.15, 0.2) is 0 Å². The van der Waals surface area contributed by atoms with Crippen LogP contribution in [-0.2, 0) is 13.0 Å². The fraction of sp³-hybridized carbons (Fsp3) is 0.385. The van der Waals surface area contributed by atoms with Gasteiger partial charge in [0.05, 0.1) is 5.52 Å². The second kappa shape index (κ2) is 4.26. The predicted molar refractivity (Wildman–Crippen MR) is 65.1 cm³/mol. The van der Waals surface area contributed by atoms with Gasteiger partial charge < -0.3 is 10.3 Å². The average Bonchev–Trinajstić information content (AvgIpc) is 2.58. The molecule has 0 saturated carbocycles. The van der Waals surface area contributed by atoms with Crippen LogP contribution in [0.4, 0.5) is 4.39 Å². The molecule has 0 aliphatic heterocycles. The minimum Gasteiger partial charge on any atom is -0.341 e. The van der Waals surface area contributed by atoms with Crippen LogP contribution in [-0.4, -0.2) is 11.1 Å². The van der Waals surface area contributed by atoms with Crippen LogP contribution >= 0.6 is 0 Å². The lowest BCUT2D eigenvalue weighted by molar-refractivity contribution is 0.619. The number of nitrogens with two attached hydrogens (primary N) is 1. The Hall–Kier alpha value is -1.35. The van der Waals surface area contributed by atoms with E-state index in [4.69, 9.17) is 5.73 Å². The van der Waals surface area contributed by atoms with Crippen molar-refractivity contribution in [3.05, 3.63) is 35.3 Å². The van der Waals surface area contributed by atoms with Crippen molar-refractivity contribution in [2.24, 2.45) is 5.73 Å². The maximum absolute atomic E-state index is 13.8. The first kappa shape index (κ1) is 11.1. The highest BCUT2D eigenvalue weighted by molar-refractivity contribution is 5.85. The topological polar surface area (TPSA) is 30.9 Å². The molecule has 86 valence electrons. The Balaban J connectivity index is 2.76. The fourth-order valence-electron chi connectivity index (χ4n) is 2.25. The summed E-state index contributed by atoms with van der Waals surface area (Å²) in [6.45, 7) is 5.27. The van der Waals surface area contributed by atoms with Gasteiger partial charge in [0.1, 0.15) is 5.82 Å². The molecule has 0 aliphatic rings. The largest absolute Gasteiger partial charge is 0.341 e. The van der Waals surface area contributed by atoms with Crippen molar-refractivity contribution in [1.82, 2.24) is 4.57 Å². The van der Waals surface area contributed by atoms with Crippen molar-refractivity contribution in [1.29, 1.82) is 0 Å². The van der Waals surface area contributed by atoms with Crippen LogP contribution in [0, 0.1) is 12.7 Å². The lowest BCUT2D eigenvalue weighted by atomic mass is 10.1. The van der Waals surface area contributed by atoms with Gasteiger partial charge in [-0.25, -0.2) is 4.39 Å². The van der Waals surface area contributed by atoms with Crippen LogP contribution in [0.5, 0.6) is 0 Å². The lowest BCUT2D eigenvalue weighted by Crippen LogP contribution is -2.11. The van der Waals surface area contributed by atoms with E-state index in [0.29, 0.717) is 18.6 Å². The Morgan fingerprint density at radius 2 is 2.12 bits per heavy atom. The third kappa shape index (κ3) is 1.61. The van der Waals surface area contributed by atoms with Gasteiger partial charge in [-0.2, -0.15) is 0 Å². The Kier molecular flexibility index (Phi) is 2.97. The molecule has 3 heteroatoms. The highest BCUT2D eigenvalue weighted by atomic mass is 19.1. The third-order valence-corrected chi connectivity index (χ3v) is 3.04. The van der Waals surface area contributed by atoms with Crippen molar-refractivity contribution in [2.45, 2.75) is 26.8 Å². The Morgan fingerprint density at radius 3 is 2.75 bits per heavy atom. The summed E-state index contributed by atoms with van der Waals surface area (Å²) in [6, 6.07) is 5.46. The average molecular weight is 220 g/mol. The molecule has 0 spiro atoms. The Morgan fingerprint density at radius 1 is 1.38 bits per heavy atom. The van der Waals surface area contributed by atoms with Crippen LogP contribution in [0.15, 0.2) is 18.2 Å². The molecule has 1 heterocycles. The molecule has 0 saturated heterocycles. The molecular formula is C13H17FN2. The molecule has 16 heavy (non-hydrogen) atoms. The summed E-state index contributed by atoms with van der Waals surface area (Å²) in [5.41, 5.74) is 8.51. The summed E-state index contributed by atoms with van der Waals surface area (Å²) >= 11 is 0. The lowest BCUT2D eigenvalue weighted by Gasteiger charge is -2.07. The molecule has 0 aliphatic carbocycles. The smallest absolute Gasteiger partial charge is 0.147 e. The fourth-order valence-corrected chi connectivity index (χ4v) is 2.25. The van der Waals surface area contributed by atoms with Gasteiger partial charge in [-0.1, -0.05) is 13.0 Å². The second-order valence-electron chi connectivity index (χ2n) is 4.05. The number of benzene rings is 1. The van der Waals surface area contributed by atoms with E-state index in [1.54, 1.807) is 6.07 Å². The van der Waals surface area contributed by atoms with Gasteiger partial charge >= 0.3 is 0 Å². The minimum atomic E-state index is -0.159. The number of aryl methyl sites for hydroxylation is 2. The van der Waals surface area contributed by atoms with E-state index in [0.717, 1.165) is 17.5 Å². The van der Waals surface area contributed by atoms with E-state index in [1.165, 1.54) is 5.56 Å². The molecule has 0 atom stereocenters. The van der Waals surface area contributed by atoms with E-state index in [9.17, 15) is 4.39 Å². The second-order valence-corrected chi connectivity index (χ2v) is 4.05. The van der Waals surface area contributed by atoms with Gasteiger partial charge in [0.25, 0.3) is 0 Å². The van der Waals surface area contributed by atoms with Crippen LogP contribution in [0.25, 0.3) is 10.9 Å². The molecule has 2 nitrogen and oxygen atoms in total. The third-order valence-electron chi connectivity index (χ3n) is 3.04. The highest BCUT2D eigenvalue weighted by Crippen LogP contribution is 2.26. The van der Waals surface area contributed by atoms with E-state index < -0.39 is 0 Å². The monoisotopic (exact) mass is 220 g/mol. The highest BCUT2D eigenvalue weighted by Gasteiger charge is 2.12. The summed E-state index contributed by atoms with van der Waals surface area (Å²) in [5.74, 6) is -0.159. The molecule has 0 radical (unpaired) electrons. The molecular weight excluding hydrogens is 203 g/mol. The standard InChI is InChI=1S/C13H17FN2/c1-3-10-4-5-12(14)13-11(10)8-9(2)16(13)7-6-15/h4-5,8H,3,6-7,15H2,1-2H3. The van der Waals surface area contributed by atoms with Crippen LogP contribution in [0.1, 0.15) is 18.2 Å². The van der Waals surface area contributed by atoms with Gasteiger partial charge in [-0.15, -0.1) is 0 Å². The van der Waals surface area contributed by atoms with Crippen LogP contribution < -0.4 is 5.73 Å². The van der Waals surface area contributed by atoms with Gasteiger partial charge in [0.2, 0.25) is 0 Å². The zero-order chi connectivity index (χ0) is 11.7. The number of hydrogen-bond donors (Lipinski definition) is 1. The van der Waals surface area contributed by atoms with Crippen LogP contribution in [0.2, 0.25) is 0 Å².